The smallest absolute Gasteiger partial charge is 0.409 e. The van der Waals surface area contributed by atoms with Crippen molar-refractivity contribution in [1.82, 2.24) is 19.6 Å². The molecule has 1 aliphatic heterocycles. The largest absolute Gasteiger partial charge is 0.494 e. The predicted octanol–water partition coefficient (Wildman–Crippen LogP) is 3.65. The molecule has 0 saturated carbocycles. The summed E-state index contributed by atoms with van der Waals surface area (Å²) in [4.78, 5) is 16.5. The van der Waals surface area contributed by atoms with E-state index in [1.807, 2.05) is 35.0 Å². The predicted molar refractivity (Wildman–Crippen MR) is 117 cm³/mol. The van der Waals surface area contributed by atoms with E-state index in [0.29, 0.717) is 19.0 Å². The van der Waals surface area contributed by atoms with Crippen LogP contribution in [0.15, 0.2) is 36.9 Å². The van der Waals surface area contributed by atoms with Gasteiger partial charge in [0.1, 0.15) is 11.4 Å². The number of carbonyl (C=O) groups excluding carboxylic acids is 1. The summed E-state index contributed by atoms with van der Waals surface area (Å²) >= 11 is 0. The Morgan fingerprint density at radius 3 is 2.77 bits per heavy atom. The Balaban J connectivity index is 2.05. The van der Waals surface area contributed by atoms with Gasteiger partial charge in [-0.05, 0) is 18.1 Å². The number of fused-ring (bicyclic) bond motifs is 1. The van der Waals surface area contributed by atoms with Crippen LogP contribution in [0, 0.1) is 5.92 Å². The standard InChI is InChI=1S/C23H32N4O3/c1-6-12-25-13-11-20-18(15-25)19(16-26(14-17(2)3)23(28)30-5)24-27(20)21-9-7-8-10-22(21)29-4/h6-10,17H,1,11-16H2,2-5H3. The fraction of sp³-hybridized carbons (Fsp3) is 0.478. The monoisotopic (exact) mass is 412 g/mol. The summed E-state index contributed by atoms with van der Waals surface area (Å²) in [7, 11) is 3.09. The molecule has 2 aromatic rings. The fourth-order valence-electron chi connectivity index (χ4n) is 3.97. The minimum absolute atomic E-state index is 0.327. The summed E-state index contributed by atoms with van der Waals surface area (Å²) in [5, 5.41) is 4.96. The topological polar surface area (TPSA) is 59.8 Å². The summed E-state index contributed by atoms with van der Waals surface area (Å²) in [6.07, 6.45) is 2.47. The van der Waals surface area contributed by atoms with Gasteiger partial charge in [-0.25, -0.2) is 9.48 Å². The van der Waals surface area contributed by atoms with Crippen LogP contribution in [0.2, 0.25) is 0 Å². The van der Waals surface area contributed by atoms with Gasteiger partial charge in [0, 0.05) is 38.2 Å². The molecule has 0 saturated heterocycles. The molecule has 1 aromatic carbocycles. The fourth-order valence-corrected chi connectivity index (χ4v) is 3.97. The lowest BCUT2D eigenvalue weighted by Gasteiger charge is -2.27. The molecule has 0 bridgehead atoms. The number of rotatable bonds is 8. The zero-order valence-corrected chi connectivity index (χ0v) is 18.4. The molecular weight excluding hydrogens is 380 g/mol. The molecule has 3 rings (SSSR count). The lowest BCUT2D eigenvalue weighted by molar-refractivity contribution is 0.114. The average Bonchev–Trinajstić information content (AvgIpc) is 3.10. The van der Waals surface area contributed by atoms with E-state index in [0.717, 1.165) is 43.2 Å². The zero-order valence-electron chi connectivity index (χ0n) is 18.4. The summed E-state index contributed by atoms with van der Waals surface area (Å²) < 4.78 is 12.6. The normalized spacial score (nSPS) is 13.8. The third kappa shape index (κ3) is 4.67. The molecule has 0 unspecified atom stereocenters. The van der Waals surface area contributed by atoms with Gasteiger partial charge in [0.15, 0.2) is 0 Å². The van der Waals surface area contributed by atoms with Crippen LogP contribution in [0.4, 0.5) is 4.79 Å². The van der Waals surface area contributed by atoms with E-state index in [2.05, 4.69) is 25.3 Å². The summed E-state index contributed by atoms with van der Waals surface area (Å²) in [5.41, 5.74) is 4.15. The first-order chi connectivity index (χ1) is 14.5. The molecule has 1 amide bonds. The van der Waals surface area contributed by atoms with Gasteiger partial charge in [-0.3, -0.25) is 4.90 Å². The van der Waals surface area contributed by atoms with Crippen LogP contribution in [0.1, 0.15) is 30.8 Å². The highest BCUT2D eigenvalue weighted by molar-refractivity contribution is 5.67. The number of methoxy groups -OCH3 is 2. The first-order valence-electron chi connectivity index (χ1n) is 10.4. The van der Waals surface area contributed by atoms with Crippen LogP contribution in [0.5, 0.6) is 5.75 Å². The summed E-state index contributed by atoms with van der Waals surface area (Å²) in [6, 6.07) is 7.89. The molecule has 0 radical (unpaired) electrons. The first-order valence-corrected chi connectivity index (χ1v) is 10.4. The quantitative estimate of drug-likeness (QED) is 0.620. The third-order valence-electron chi connectivity index (χ3n) is 5.28. The van der Waals surface area contributed by atoms with Crippen molar-refractivity contribution in [1.29, 1.82) is 0 Å². The van der Waals surface area contributed by atoms with E-state index in [1.165, 1.54) is 18.4 Å². The second-order valence-corrected chi connectivity index (χ2v) is 7.97. The molecule has 7 nitrogen and oxygen atoms in total. The molecule has 0 N–H and O–H groups in total. The number of hydrogen-bond acceptors (Lipinski definition) is 5. The van der Waals surface area contributed by atoms with Crippen LogP contribution in [-0.4, -0.2) is 59.5 Å². The lowest BCUT2D eigenvalue weighted by atomic mass is 10.0. The van der Waals surface area contributed by atoms with Crippen molar-refractivity contribution in [3.8, 4) is 11.4 Å². The average molecular weight is 413 g/mol. The van der Waals surface area contributed by atoms with E-state index >= 15 is 0 Å². The number of ether oxygens (including phenoxy) is 2. The molecule has 30 heavy (non-hydrogen) atoms. The van der Waals surface area contributed by atoms with Crippen molar-refractivity contribution >= 4 is 6.09 Å². The Bertz CT molecular complexity index is 891. The van der Waals surface area contributed by atoms with E-state index in [4.69, 9.17) is 14.6 Å². The Morgan fingerprint density at radius 1 is 1.33 bits per heavy atom. The number of aromatic nitrogens is 2. The number of carbonyl (C=O) groups is 1. The molecular formula is C23H32N4O3. The van der Waals surface area contributed by atoms with Crippen LogP contribution in [0.25, 0.3) is 5.69 Å². The van der Waals surface area contributed by atoms with E-state index < -0.39 is 0 Å². The molecule has 0 fully saturated rings. The van der Waals surface area contributed by atoms with Crippen molar-refractivity contribution in [3.63, 3.8) is 0 Å². The van der Waals surface area contributed by atoms with Gasteiger partial charge in [-0.2, -0.15) is 5.10 Å². The van der Waals surface area contributed by atoms with Gasteiger partial charge in [0.2, 0.25) is 0 Å². The second-order valence-electron chi connectivity index (χ2n) is 7.97. The van der Waals surface area contributed by atoms with Crippen LogP contribution in [0.3, 0.4) is 0 Å². The van der Waals surface area contributed by atoms with Crippen LogP contribution in [-0.2, 0) is 24.2 Å². The maximum absolute atomic E-state index is 12.4. The van der Waals surface area contributed by atoms with Crippen molar-refractivity contribution in [2.24, 2.45) is 5.92 Å². The Kier molecular flexibility index (Phi) is 7.15. The highest BCUT2D eigenvalue weighted by atomic mass is 16.5. The van der Waals surface area contributed by atoms with Gasteiger partial charge in [0.25, 0.3) is 0 Å². The lowest BCUT2D eigenvalue weighted by Crippen LogP contribution is -2.35. The van der Waals surface area contributed by atoms with Crippen LogP contribution >= 0.6 is 0 Å². The first kappa shape index (κ1) is 21.9. The Morgan fingerprint density at radius 2 is 2.10 bits per heavy atom. The highest BCUT2D eigenvalue weighted by Crippen LogP contribution is 2.30. The summed E-state index contributed by atoms with van der Waals surface area (Å²) in [5.74, 6) is 1.10. The zero-order chi connectivity index (χ0) is 21.7. The number of para-hydroxylation sites is 2. The Labute approximate surface area is 178 Å². The van der Waals surface area contributed by atoms with Gasteiger partial charge >= 0.3 is 6.09 Å². The molecule has 162 valence electrons. The minimum Gasteiger partial charge on any atom is -0.494 e. The van der Waals surface area contributed by atoms with Crippen LogP contribution < -0.4 is 4.74 Å². The number of benzene rings is 1. The number of nitrogens with zero attached hydrogens (tertiary/aromatic N) is 4. The molecule has 0 spiro atoms. The van der Waals surface area contributed by atoms with Gasteiger partial charge < -0.3 is 14.4 Å². The molecule has 1 aliphatic rings. The van der Waals surface area contributed by atoms with Crippen molar-refractivity contribution in [2.75, 3.05) is 33.9 Å². The third-order valence-corrected chi connectivity index (χ3v) is 5.28. The SMILES string of the molecule is C=CCN1CCc2c(c(CN(CC(C)C)C(=O)OC)nn2-c2ccccc2OC)C1. The summed E-state index contributed by atoms with van der Waals surface area (Å²) in [6.45, 7) is 11.6. The van der Waals surface area contributed by atoms with E-state index in [-0.39, 0.29) is 6.09 Å². The molecule has 2 heterocycles. The maximum Gasteiger partial charge on any atom is 0.409 e. The van der Waals surface area contributed by atoms with Crippen molar-refractivity contribution in [2.45, 2.75) is 33.4 Å². The number of hydrogen-bond donors (Lipinski definition) is 0. The molecule has 1 aromatic heterocycles. The minimum atomic E-state index is -0.331. The molecule has 0 aliphatic carbocycles. The van der Waals surface area contributed by atoms with Gasteiger partial charge in [-0.1, -0.05) is 32.1 Å². The van der Waals surface area contributed by atoms with Crippen molar-refractivity contribution < 1.29 is 14.3 Å². The van der Waals surface area contributed by atoms with E-state index in [9.17, 15) is 4.79 Å². The van der Waals surface area contributed by atoms with Gasteiger partial charge in [-0.15, -0.1) is 6.58 Å². The number of amides is 1. The molecule has 7 heteroatoms. The molecule has 0 atom stereocenters. The highest BCUT2D eigenvalue weighted by Gasteiger charge is 2.28. The van der Waals surface area contributed by atoms with Gasteiger partial charge in [0.05, 0.1) is 32.2 Å². The second kappa shape index (κ2) is 9.80. The van der Waals surface area contributed by atoms with Crippen molar-refractivity contribution in [3.05, 3.63) is 53.9 Å². The Hall–Kier alpha value is -2.80. The van der Waals surface area contributed by atoms with E-state index in [1.54, 1.807) is 12.0 Å². The maximum atomic E-state index is 12.4.